The van der Waals surface area contributed by atoms with E-state index in [9.17, 15) is 4.79 Å². The fourth-order valence-electron chi connectivity index (χ4n) is 2.36. The molecule has 0 fully saturated rings. The second-order valence-electron chi connectivity index (χ2n) is 5.07. The number of hydrogen-bond acceptors (Lipinski definition) is 3. The fraction of sp³-hybridized carbons (Fsp3) is 0.235. The summed E-state index contributed by atoms with van der Waals surface area (Å²) in [5.74, 6) is 1.27. The van der Waals surface area contributed by atoms with Crippen LogP contribution >= 0.6 is 0 Å². The third-order valence-electron chi connectivity index (χ3n) is 3.80. The lowest BCUT2D eigenvalue weighted by Crippen LogP contribution is -2.29. The lowest BCUT2D eigenvalue weighted by Gasteiger charge is -2.25. The average Bonchev–Trinajstić information content (AvgIpc) is 3.01. The van der Waals surface area contributed by atoms with Crippen molar-refractivity contribution in [3.05, 3.63) is 59.7 Å². The number of fused-ring (bicyclic) bond motifs is 1. The van der Waals surface area contributed by atoms with Crippen LogP contribution in [-0.4, -0.2) is 24.6 Å². The van der Waals surface area contributed by atoms with Crippen LogP contribution in [0.25, 0.3) is 0 Å². The molecule has 1 unspecified atom stereocenters. The van der Waals surface area contributed by atoms with Crippen molar-refractivity contribution in [2.45, 2.75) is 13.0 Å². The predicted octanol–water partition coefficient (Wildman–Crippen LogP) is 3.25. The van der Waals surface area contributed by atoms with Gasteiger partial charge in [-0.15, -0.1) is 0 Å². The molecule has 4 heteroatoms. The Morgan fingerprint density at radius 3 is 2.57 bits per heavy atom. The topological polar surface area (TPSA) is 38.8 Å². The number of nitrogens with zero attached hydrogens (tertiary/aromatic N) is 1. The van der Waals surface area contributed by atoms with E-state index in [1.54, 1.807) is 23.1 Å². The molecular weight excluding hydrogens is 266 g/mol. The first kappa shape index (κ1) is 13.5. The van der Waals surface area contributed by atoms with E-state index in [1.807, 2.05) is 44.3 Å². The van der Waals surface area contributed by atoms with E-state index >= 15 is 0 Å². The highest BCUT2D eigenvalue weighted by Gasteiger charge is 2.21. The van der Waals surface area contributed by atoms with Crippen LogP contribution in [-0.2, 0) is 0 Å². The minimum absolute atomic E-state index is 0.00382. The lowest BCUT2D eigenvalue weighted by atomic mass is 10.1. The van der Waals surface area contributed by atoms with Crippen LogP contribution in [0.1, 0.15) is 28.9 Å². The minimum Gasteiger partial charge on any atom is -0.454 e. The molecule has 0 bridgehead atoms. The van der Waals surface area contributed by atoms with Crippen LogP contribution in [0.5, 0.6) is 11.5 Å². The van der Waals surface area contributed by atoms with E-state index < -0.39 is 0 Å². The van der Waals surface area contributed by atoms with E-state index in [4.69, 9.17) is 9.47 Å². The lowest BCUT2D eigenvalue weighted by molar-refractivity contribution is 0.0742. The van der Waals surface area contributed by atoms with Gasteiger partial charge in [0.15, 0.2) is 11.5 Å². The number of ether oxygens (including phenoxy) is 2. The molecule has 0 saturated heterocycles. The molecule has 3 rings (SSSR count). The van der Waals surface area contributed by atoms with Gasteiger partial charge in [-0.25, -0.2) is 0 Å². The molecule has 0 aromatic heterocycles. The number of carbonyl (C=O) groups is 1. The van der Waals surface area contributed by atoms with E-state index in [0.29, 0.717) is 17.1 Å². The first-order chi connectivity index (χ1) is 10.2. The summed E-state index contributed by atoms with van der Waals surface area (Å²) in [6.07, 6.45) is 0. The van der Waals surface area contributed by atoms with Gasteiger partial charge >= 0.3 is 0 Å². The maximum absolute atomic E-state index is 12.6. The number of hydrogen-bond donors (Lipinski definition) is 0. The predicted molar refractivity (Wildman–Crippen MR) is 79.5 cm³/mol. The van der Waals surface area contributed by atoms with Crippen LogP contribution in [0.4, 0.5) is 0 Å². The monoisotopic (exact) mass is 283 g/mol. The Hall–Kier alpha value is -2.49. The molecule has 0 radical (unpaired) electrons. The van der Waals surface area contributed by atoms with Gasteiger partial charge in [0.25, 0.3) is 5.91 Å². The highest BCUT2D eigenvalue weighted by atomic mass is 16.7. The van der Waals surface area contributed by atoms with E-state index in [-0.39, 0.29) is 18.7 Å². The summed E-state index contributed by atoms with van der Waals surface area (Å²) in [6, 6.07) is 15.2. The van der Waals surface area contributed by atoms with Gasteiger partial charge < -0.3 is 14.4 Å². The Morgan fingerprint density at radius 1 is 1.10 bits per heavy atom. The van der Waals surface area contributed by atoms with Crippen molar-refractivity contribution in [1.82, 2.24) is 4.90 Å². The van der Waals surface area contributed by atoms with E-state index in [1.165, 1.54) is 0 Å². The molecule has 0 aliphatic carbocycles. The molecule has 4 nitrogen and oxygen atoms in total. The van der Waals surface area contributed by atoms with Crippen molar-refractivity contribution in [2.24, 2.45) is 0 Å². The Labute approximate surface area is 123 Å². The Morgan fingerprint density at radius 2 is 1.81 bits per heavy atom. The maximum Gasteiger partial charge on any atom is 0.254 e. The molecule has 1 aliphatic heterocycles. The van der Waals surface area contributed by atoms with Gasteiger partial charge in [-0.1, -0.05) is 30.3 Å². The number of rotatable bonds is 3. The average molecular weight is 283 g/mol. The van der Waals surface area contributed by atoms with Crippen LogP contribution in [0, 0.1) is 0 Å². The second kappa shape index (κ2) is 5.48. The van der Waals surface area contributed by atoms with Gasteiger partial charge in [0.05, 0.1) is 6.04 Å². The summed E-state index contributed by atoms with van der Waals surface area (Å²) >= 11 is 0. The smallest absolute Gasteiger partial charge is 0.254 e. The zero-order chi connectivity index (χ0) is 14.8. The summed E-state index contributed by atoms with van der Waals surface area (Å²) in [7, 11) is 1.81. The molecule has 21 heavy (non-hydrogen) atoms. The largest absolute Gasteiger partial charge is 0.454 e. The van der Waals surface area contributed by atoms with Gasteiger partial charge in [0, 0.05) is 12.6 Å². The summed E-state index contributed by atoms with van der Waals surface area (Å²) in [6.45, 7) is 2.23. The number of amides is 1. The zero-order valence-electron chi connectivity index (χ0n) is 12.1. The standard InChI is InChI=1S/C17H17NO3/c1-12(13-6-4-3-5-7-13)18(2)17(19)14-8-9-15-16(10-14)21-11-20-15/h3-10,12H,11H2,1-2H3. The quantitative estimate of drug-likeness (QED) is 0.868. The molecule has 0 N–H and O–H groups in total. The molecule has 1 heterocycles. The molecule has 2 aromatic carbocycles. The van der Waals surface area contributed by atoms with Crippen LogP contribution < -0.4 is 9.47 Å². The van der Waals surface area contributed by atoms with Gasteiger partial charge in [-0.05, 0) is 30.7 Å². The van der Waals surface area contributed by atoms with Crippen molar-refractivity contribution in [3.8, 4) is 11.5 Å². The Bertz CT molecular complexity index is 654. The fourth-order valence-corrected chi connectivity index (χ4v) is 2.36. The van der Waals surface area contributed by atoms with Crippen molar-refractivity contribution in [1.29, 1.82) is 0 Å². The summed E-state index contributed by atoms with van der Waals surface area (Å²) in [5.41, 5.74) is 1.71. The van der Waals surface area contributed by atoms with Crippen molar-refractivity contribution >= 4 is 5.91 Å². The summed E-state index contributed by atoms with van der Waals surface area (Å²) < 4.78 is 10.6. The highest BCUT2D eigenvalue weighted by molar-refractivity contribution is 5.95. The normalized spacial score (nSPS) is 13.8. The third kappa shape index (κ3) is 2.57. The van der Waals surface area contributed by atoms with Crippen LogP contribution in [0.3, 0.4) is 0 Å². The van der Waals surface area contributed by atoms with Crippen molar-refractivity contribution in [3.63, 3.8) is 0 Å². The zero-order valence-corrected chi connectivity index (χ0v) is 12.1. The molecule has 1 atom stereocenters. The van der Waals surface area contributed by atoms with Gasteiger partial charge in [-0.2, -0.15) is 0 Å². The van der Waals surface area contributed by atoms with Crippen LogP contribution in [0.2, 0.25) is 0 Å². The first-order valence-electron chi connectivity index (χ1n) is 6.88. The Balaban J connectivity index is 1.81. The molecular formula is C17H17NO3. The SMILES string of the molecule is CC(c1ccccc1)N(C)C(=O)c1ccc2c(c1)OCO2. The summed E-state index contributed by atoms with van der Waals surface area (Å²) in [4.78, 5) is 14.3. The van der Waals surface area contributed by atoms with Gasteiger partial charge in [0.1, 0.15) is 0 Å². The Kier molecular flexibility index (Phi) is 3.52. The van der Waals surface area contributed by atoms with Gasteiger partial charge in [0.2, 0.25) is 6.79 Å². The molecule has 2 aromatic rings. The molecule has 1 amide bonds. The van der Waals surface area contributed by atoms with E-state index in [0.717, 1.165) is 5.56 Å². The molecule has 0 saturated carbocycles. The van der Waals surface area contributed by atoms with Crippen molar-refractivity contribution in [2.75, 3.05) is 13.8 Å². The minimum atomic E-state index is -0.0374. The van der Waals surface area contributed by atoms with E-state index in [2.05, 4.69) is 0 Å². The molecule has 108 valence electrons. The van der Waals surface area contributed by atoms with Gasteiger partial charge in [-0.3, -0.25) is 4.79 Å². The highest BCUT2D eigenvalue weighted by Crippen LogP contribution is 2.33. The first-order valence-corrected chi connectivity index (χ1v) is 6.88. The number of benzene rings is 2. The third-order valence-corrected chi connectivity index (χ3v) is 3.80. The van der Waals surface area contributed by atoms with Crippen molar-refractivity contribution < 1.29 is 14.3 Å². The molecule has 1 aliphatic rings. The summed E-state index contributed by atoms with van der Waals surface area (Å²) in [5, 5.41) is 0. The maximum atomic E-state index is 12.6. The second-order valence-corrected chi connectivity index (χ2v) is 5.07. The number of carbonyl (C=O) groups excluding carboxylic acids is 1. The molecule has 0 spiro atoms. The van der Waals surface area contributed by atoms with Crippen LogP contribution in [0.15, 0.2) is 48.5 Å².